The van der Waals surface area contributed by atoms with E-state index in [0.29, 0.717) is 13.1 Å². The number of nitrogens with zero attached hydrogens (tertiary/aromatic N) is 2. The van der Waals surface area contributed by atoms with E-state index in [2.05, 4.69) is 17.0 Å². The zero-order valence-corrected chi connectivity index (χ0v) is 14.5. The second-order valence-electron chi connectivity index (χ2n) is 6.85. The van der Waals surface area contributed by atoms with Crippen molar-refractivity contribution in [3.8, 4) is 0 Å². The van der Waals surface area contributed by atoms with Gasteiger partial charge in [-0.25, -0.2) is 0 Å². The molecule has 1 aromatic rings. The van der Waals surface area contributed by atoms with Crippen LogP contribution in [0.25, 0.3) is 0 Å². The van der Waals surface area contributed by atoms with Gasteiger partial charge in [-0.2, -0.15) is 8.42 Å². The standard InChI is InChI=1S/C17H23FN2O3S/c18-24(22,23)13-16-9-17(21)20(12-16)11-15-5-3-14(4-6-15)10-19-7-1-2-8-19/h3-6,16H,1-2,7-13H2. The minimum atomic E-state index is -4.53. The molecule has 0 aromatic heterocycles. The Kier molecular flexibility index (Phi) is 5.20. The first-order chi connectivity index (χ1) is 11.4. The Labute approximate surface area is 142 Å². The van der Waals surface area contributed by atoms with Gasteiger partial charge < -0.3 is 4.90 Å². The van der Waals surface area contributed by atoms with Crippen LogP contribution in [0.3, 0.4) is 0 Å². The molecule has 0 saturated carbocycles. The molecule has 0 bridgehead atoms. The van der Waals surface area contributed by atoms with Gasteiger partial charge in [0.1, 0.15) is 0 Å². The minimum absolute atomic E-state index is 0.107. The zero-order valence-electron chi connectivity index (χ0n) is 13.7. The molecule has 5 nitrogen and oxygen atoms in total. The molecule has 2 heterocycles. The first-order valence-corrected chi connectivity index (χ1v) is 9.94. The molecule has 2 fully saturated rings. The Morgan fingerprint density at radius 1 is 1.04 bits per heavy atom. The molecule has 2 saturated heterocycles. The number of likely N-dealkylation sites (tertiary alicyclic amines) is 2. The van der Waals surface area contributed by atoms with E-state index in [0.717, 1.165) is 25.2 Å². The van der Waals surface area contributed by atoms with Crippen molar-refractivity contribution in [2.75, 3.05) is 25.4 Å². The highest BCUT2D eigenvalue weighted by atomic mass is 32.3. The Bertz CT molecular complexity index is 684. The molecule has 3 rings (SSSR count). The third-order valence-corrected chi connectivity index (χ3v) is 5.60. The summed E-state index contributed by atoms with van der Waals surface area (Å²) in [5.74, 6) is -1.11. The minimum Gasteiger partial charge on any atom is -0.338 e. The van der Waals surface area contributed by atoms with Crippen molar-refractivity contribution in [2.45, 2.75) is 32.4 Å². The number of benzene rings is 1. The highest BCUT2D eigenvalue weighted by Crippen LogP contribution is 2.22. The van der Waals surface area contributed by atoms with Crippen molar-refractivity contribution >= 4 is 16.1 Å². The molecule has 132 valence electrons. The number of rotatable bonds is 6. The monoisotopic (exact) mass is 354 g/mol. The second-order valence-corrected chi connectivity index (χ2v) is 8.26. The number of carbonyl (C=O) groups is 1. The van der Waals surface area contributed by atoms with Gasteiger partial charge in [0.25, 0.3) is 0 Å². The van der Waals surface area contributed by atoms with Crippen LogP contribution in [0.5, 0.6) is 0 Å². The number of hydrogen-bond donors (Lipinski definition) is 0. The van der Waals surface area contributed by atoms with Crippen molar-refractivity contribution in [2.24, 2.45) is 5.92 Å². The third-order valence-electron chi connectivity index (χ3n) is 4.73. The first-order valence-electron chi connectivity index (χ1n) is 8.39. The van der Waals surface area contributed by atoms with Crippen molar-refractivity contribution in [1.82, 2.24) is 9.80 Å². The maximum absolute atomic E-state index is 12.8. The first kappa shape index (κ1) is 17.4. The fourth-order valence-electron chi connectivity index (χ4n) is 3.57. The summed E-state index contributed by atoms with van der Waals surface area (Å²) in [5, 5.41) is 0. The lowest BCUT2D eigenvalue weighted by Crippen LogP contribution is -2.25. The van der Waals surface area contributed by atoms with Crippen LogP contribution in [0, 0.1) is 5.92 Å². The summed E-state index contributed by atoms with van der Waals surface area (Å²) in [6, 6.07) is 8.19. The Morgan fingerprint density at radius 3 is 2.21 bits per heavy atom. The predicted octanol–water partition coefficient (Wildman–Crippen LogP) is 1.93. The number of amides is 1. The van der Waals surface area contributed by atoms with Crippen molar-refractivity contribution in [1.29, 1.82) is 0 Å². The predicted molar refractivity (Wildman–Crippen MR) is 89.4 cm³/mol. The molecule has 0 aliphatic carbocycles. The molecule has 1 amide bonds. The Morgan fingerprint density at radius 2 is 1.62 bits per heavy atom. The van der Waals surface area contributed by atoms with E-state index in [1.165, 1.54) is 18.4 Å². The average Bonchev–Trinajstić information content (AvgIpc) is 3.10. The van der Waals surface area contributed by atoms with E-state index in [1.54, 1.807) is 4.90 Å². The summed E-state index contributed by atoms with van der Waals surface area (Å²) < 4.78 is 34.2. The van der Waals surface area contributed by atoms with E-state index in [4.69, 9.17) is 0 Å². The largest absolute Gasteiger partial charge is 0.338 e. The number of carbonyl (C=O) groups excluding carboxylic acids is 1. The van der Waals surface area contributed by atoms with Crippen molar-refractivity contribution in [3.05, 3.63) is 35.4 Å². The van der Waals surface area contributed by atoms with Gasteiger partial charge in [0.2, 0.25) is 5.91 Å². The summed E-state index contributed by atoms with van der Waals surface area (Å²) in [6.07, 6.45) is 2.64. The topological polar surface area (TPSA) is 57.7 Å². The smallest absolute Gasteiger partial charge is 0.302 e. The summed E-state index contributed by atoms with van der Waals surface area (Å²) in [7, 11) is -4.53. The summed E-state index contributed by atoms with van der Waals surface area (Å²) in [4.78, 5) is 16.0. The molecule has 1 atom stereocenters. The quantitative estimate of drug-likeness (QED) is 0.733. The molecule has 0 radical (unpaired) electrons. The molecule has 0 N–H and O–H groups in total. The highest BCUT2D eigenvalue weighted by Gasteiger charge is 2.32. The van der Waals surface area contributed by atoms with Gasteiger partial charge in [0.15, 0.2) is 0 Å². The van der Waals surface area contributed by atoms with Crippen molar-refractivity contribution < 1.29 is 17.1 Å². The SMILES string of the molecule is O=C1CC(CS(=O)(=O)F)CN1Cc1ccc(CN2CCCC2)cc1. The van der Waals surface area contributed by atoms with Crippen LogP contribution >= 0.6 is 0 Å². The van der Waals surface area contributed by atoms with Crippen LogP contribution < -0.4 is 0 Å². The van der Waals surface area contributed by atoms with E-state index in [9.17, 15) is 17.1 Å². The normalized spacial score (nSPS) is 22.5. The van der Waals surface area contributed by atoms with Gasteiger partial charge in [-0.15, -0.1) is 3.89 Å². The van der Waals surface area contributed by atoms with Gasteiger partial charge in [-0.3, -0.25) is 9.69 Å². The highest BCUT2D eigenvalue weighted by molar-refractivity contribution is 7.86. The second kappa shape index (κ2) is 7.19. The lowest BCUT2D eigenvalue weighted by Gasteiger charge is -2.18. The fraction of sp³-hybridized carbons (Fsp3) is 0.588. The molecular weight excluding hydrogens is 331 g/mol. The average molecular weight is 354 g/mol. The van der Waals surface area contributed by atoms with Crippen LogP contribution in [0.1, 0.15) is 30.4 Å². The number of hydrogen-bond acceptors (Lipinski definition) is 4. The van der Waals surface area contributed by atoms with Crippen molar-refractivity contribution in [3.63, 3.8) is 0 Å². The molecule has 0 spiro atoms. The molecule has 2 aliphatic rings. The third kappa shape index (κ3) is 4.77. The lowest BCUT2D eigenvalue weighted by molar-refractivity contribution is -0.128. The van der Waals surface area contributed by atoms with E-state index < -0.39 is 21.9 Å². The maximum atomic E-state index is 12.8. The molecule has 7 heteroatoms. The zero-order chi connectivity index (χ0) is 17.2. The Hall–Kier alpha value is -1.47. The van der Waals surface area contributed by atoms with E-state index in [1.807, 2.05) is 12.1 Å². The molecular formula is C17H23FN2O3S. The van der Waals surface area contributed by atoms with Gasteiger partial charge >= 0.3 is 10.2 Å². The molecule has 1 unspecified atom stereocenters. The number of halogens is 1. The van der Waals surface area contributed by atoms with Crippen LogP contribution in [0.4, 0.5) is 3.89 Å². The van der Waals surface area contributed by atoms with Crippen LogP contribution in [-0.4, -0.2) is 49.5 Å². The lowest BCUT2D eigenvalue weighted by atomic mass is 10.1. The van der Waals surface area contributed by atoms with Crippen LogP contribution in [0.15, 0.2) is 24.3 Å². The summed E-state index contributed by atoms with van der Waals surface area (Å²) in [6.45, 7) is 4.02. The van der Waals surface area contributed by atoms with Gasteiger partial charge in [0, 0.05) is 32.0 Å². The van der Waals surface area contributed by atoms with Gasteiger partial charge in [0.05, 0.1) is 5.75 Å². The van der Waals surface area contributed by atoms with Crippen LogP contribution in [-0.2, 0) is 28.1 Å². The fourth-order valence-corrected chi connectivity index (χ4v) is 4.36. The van der Waals surface area contributed by atoms with Gasteiger partial charge in [-0.05, 0) is 37.1 Å². The summed E-state index contributed by atoms with van der Waals surface area (Å²) >= 11 is 0. The maximum Gasteiger partial charge on any atom is 0.302 e. The molecule has 2 aliphatic heterocycles. The summed E-state index contributed by atoms with van der Waals surface area (Å²) in [5.41, 5.74) is 2.27. The van der Waals surface area contributed by atoms with Crippen LogP contribution in [0.2, 0.25) is 0 Å². The van der Waals surface area contributed by atoms with E-state index in [-0.39, 0.29) is 12.3 Å². The molecule has 24 heavy (non-hydrogen) atoms. The van der Waals surface area contributed by atoms with E-state index >= 15 is 0 Å². The van der Waals surface area contributed by atoms with Gasteiger partial charge in [-0.1, -0.05) is 24.3 Å². The molecule has 1 aromatic carbocycles. The Balaban J connectivity index is 1.54.